The first kappa shape index (κ1) is 14.1. The van der Waals surface area contributed by atoms with Crippen molar-refractivity contribution in [2.75, 3.05) is 0 Å². The minimum atomic E-state index is -1.03. The Bertz CT molecular complexity index is 1120. The van der Waals surface area contributed by atoms with Gasteiger partial charge in [-0.05, 0) is 39.8 Å². The van der Waals surface area contributed by atoms with Crippen LogP contribution in [-0.4, -0.2) is 22.0 Å². The van der Waals surface area contributed by atoms with Crippen molar-refractivity contribution >= 4 is 34.9 Å². The van der Waals surface area contributed by atoms with Crippen LogP contribution in [0.2, 0.25) is 0 Å². The molecule has 1 aliphatic heterocycles. The van der Waals surface area contributed by atoms with Gasteiger partial charge in [0, 0.05) is 35.5 Å². The van der Waals surface area contributed by atoms with Crippen LogP contribution in [0.1, 0.15) is 10.4 Å². The van der Waals surface area contributed by atoms with Gasteiger partial charge in [0.2, 0.25) is 0 Å². The van der Waals surface area contributed by atoms with E-state index in [4.69, 9.17) is 0 Å². The zero-order valence-corrected chi connectivity index (χ0v) is 12.4. The van der Waals surface area contributed by atoms with Crippen molar-refractivity contribution in [2.45, 2.75) is 0 Å². The number of aromatic nitrogens is 1. The van der Waals surface area contributed by atoms with Crippen LogP contribution in [0.4, 0.5) is 0 Å². The molecule has 1 N–H and O–H groups in total. The van der Waals surface area contributed by atoms with Crippen LogP contribution in [0.15, 0.2) is 48.8 Å². The number of fused-ring (bicyclic) bond motifs is 3. The van der Waals surface area contributed by atoms with Crippen LogP contribution in [0.5, 0.6) is 0 Å². The summed E-state index contributed by atoms with van der Waals surface area (Å²) in [5.41, 5.74) is 2.02. The van der Waals surface area contributed by atoms with E-state index in [9.17, 15) is 14.7 Å². The van der Waals surface area contributed by atoms with Gasteiger partial charge in [0.05, 0.1) is 5.56 Å². The lowest BCUT2D eigenvalue weighted by Crippen LogP contribution is -2.34. The van der Waals surface area contributed by atoms with Gasteiger partial charge in [-0.3, -0.25) is 9.78 Å². The zero-order valence-electron chi connectivity index (χ0n) is 12.4. The molecular formula is C19H11N2O3. The molecule has 3 aromatic rings. The Kier molecular flexibility index (Phi) is 3.13. The van der Waals surface area contributed by atoms with E-state index in [2.05, 4.69) is 10.3 Å². The van der Waals surface area contributed by atoms with E-state index < -0.39 is 5.97 Å². The van der Waals surface area contributed by atoms with Gasteiger partial charge in [0.1, 0.15) is 0 Å². The first-order valence-electron chi connectivity index (χ1n) is 7.31. The van der Waals surface area contributed by atoms with E-state index >= 15 is 0 Å². The van der Waals surface area contributed by atoms with Gasteiger partial charge in [-0.25, -0.2) is 10.1 Å². The summed E-state index contributed by atoms with van der Waals surface area (Å²) in [6.07, 6.45) is 6.30. The highest BCUT2D eigenvalue weighted by Crippen LogP contribution is 2.23. The Morgan fingerprint density at radius 3 is 2.67 bits per heavy atom. The van der Waals surface area contributed by atoms with Gasteiger partial charge in [-0.1, -0.05) is 18.2 Å². The number of aromatic carboxylic acids is 1. The molecule has 1 amide bonds. The van der Waals surface area contributed by atoms with E-state index in [0.717, 1.165) is 21.7 Å². The number of carboxylic acid groups (broad SMARTS) is 1. The average molecular weight is 315 g/mol. The molecule has 0 atom stereocenters. The zero-order chi connectivity index (χ0) is 16.7. The average Bonchev–Trinajstić information content (AvgIpc) is 2.60. The lowest BCUT2D eigenvalue weighted by atomic mass is 9.96. The highest BCUT2D eigenvalue weighted by Gasteiger charge is 2.14. The lowest BCUT2D eigenvalue weighted by Gasteiger charge is -2.10. The fourth-order valence-corrected chi connectivity index (χ4v) is 2.92. The second-order valence-corrected chi connectivity index (χ2v) is 5.48. The predicted octanol–water partition coefficient (Wildman–Crippen LogP) is 1.26. The normalized spacial score (nSPS) is 12.8. The number of nitrogens with zero attached hydrogens (tertiary/aromatic N) is 2. The highest BCUT2D eigenvalue weighted by atomic mass is 16.4. The molecule has 5 nitrogen and oxygen atoms in total. The van der Waals surface area contributed by atoms with E-state index in [1.54, 1.807) is 18.5 Å². The standard InChI is InChI=1S/C19H11N2O3/c22-18-8-13-7-16(19(23)24)14-4-3-11(12-2-1-5-20-9-12)6-15(14)17(13)10-21-18/h1-10H,(H,23,24). The first-order valence-corrected chi connectivity index (χ1v) is 7.31. The van der Waals surface area contributed by atoms with Crippen LogP contribution in [0.25, 0.3) is 34.2 Å². The first-order chi connectivity index (χ1) is 11.6. The molecule has 0 fully saturated rings. The van der Waals surface area contributed by atoms with Crippen LogP contribution in [0, 0.1) is 0 Å². The Hall–Kier alpha value is -3.47. The van der Waals surface area contributed by atoms with Gasteiger partial charge in [0.25, 0.3) is 5.91 Å². The van der Waals surface area contributed by atoms with Crippen molar-refractivity contribution in [1.82, 2.24) is 10.3 Å². The molecule has 2 aromatic carbocycles. The number of hydrogen-bond donors (Lipinski definition) is 1. The highest BCUT2D eigenvalue weighted by molar-refractivity contribution is 6.10. The number of hydrogen-bond acceptors (Lipinski definition) is 3. The van der Waals surface area contributed by atoms with Crippen molar-refractivity contribution in [3.8, 4) is 11.1 Å². The second kappa shape index (κ2) is 5.31. The summed E-state index contributed by atoms with van der Waals surface area (Å²) in [5, 5.41) is 16.0. The number of carbonyl (C=O) groups excluding carboxylic acids is 1. The van der Waals surface area contributed by atoms with Crippen molar-refractivity contribution in [1.29, 1.82) is 0 Å². The molecular weight excluding hydrogens is 304 g/mol. The molecule has 1 radical (unpaired) electrons. The molecule has 1 aromatic heterocycles. The molecule has 0 saturated carbocycles. The molecule has 115 valence electrons. The molecule has 24 heavy (non-hydrogen) atoms. The number of rotatable bonds is 2. The summed E-state index contributed by atoms with van der Waals surface area (Å²) in [6, 6.07) is 10.9. The van der Waals surface area contributed by atoms with E-state index in [1.165, 1.54) is 18.3 Å². The van der Waals surface area contributed by atoms with Crippen molar-refractivity contribution in [3.05, 3.63) is 64.8 Å². The van der Waals surface area contributed by atoms with E-state index in [0.29, 0.717) is 10.6 Å². The van der Waals surface area contributed by atoms with E-state index in [1.807, 2.05) is 24.3 Å². The minimum Gasteiger partial charge on any atom is -0.478 e. The number of carboxylic acids is 1. The molecule has 0 bridgehead atoms. The third kappa shape index (κ3) is 2.23. The van der Waals surface area contributed by atoms with Gasteiger partial charge >= 0.3 is 5.97 Å². The number of amides is 1. The molecule has 0 unspecified atom stereocenters. The Balaban J connectivity index is 2.11. The quantitative estimate of drug-likeness (QED) is 0.772. The smallest absolute Gasteiger partial charge is 0.336 e. The summed E-state index contributed by atoms with van der Waals surface area (Å²) >= 11 is 0. The van der Waals surface area contributed by atoms with Crippen molar-refractivity contribution < 1.29 is 14.7 Å². The summed E-state index contributed by atoms with van der Waals surface area (Å²) in [4.78, 5) is 27.2. The van der Waals surface area contributed by atoms with Crippen molar-refractivity contribution in [3.63, 3.8) is 0 Å². The summed E-state index contributed by atoms with van der Waals surface area (Å²) < 4.78 is 0. The fourth-order valence-electron chi connectivity index (χ4n) is 2.92. The monoisotopic (exact) mass is 315 g/mol. The Labute approximate surface area is 136 Å². The number of pyridine rings is 1. The van der Waals surface area contributed by atoms with Gasteiger partial charge in [-0.2, -0.15) is 0 Å². The van der Waals surface area contributed by atoms with Crippen LogP contribution < -0.4 is 15.8 Å². The maximum absolute atomic E-state index is 11.6. The van der Waals surface area contributed by atoms with Gasteiger partial charge < -0.3 is 5.11 Å². The minimum absolute atomic E-state index is 0.167. The summed E-state index contributed by atoms with van der Waals surface area (Å²) in [7, 11) is 0. The Morgan fingerprint density at radius 2 is 1.92 bits per heavy atom. The lowest BCUT2D eigenvalue weighted by molar-refractivity contribution is -0.114. The maximum atomic E-state index is 11.6. The maximum Gasteiger partial charge on any atom is 0.336 e. The molecule has 5 heteroatoms. The number of benzene rings is 2. The molecule has 2 heterocycles. The third-order valence-electron chi connectivity index (χ3n) is 4.04. The molecule has 0 saturated heterocycles. The topological polar surface area (TPSA) is 81.4 Å². The Morgan fingerprint density at radius 1 is 1.04 bits per heavy atom. The predicted molar refractivity (Wildman–Crippen MR) is 89.5 cm³/mol. The van der Waals surface area contributed by atoms with Crippen molar-refractivity contribution in [2.24, 2.45) is 0 Å². The fraction of sp³-hybridized carbons (Fsp3) is 0. The molecule has 1 aliphatic rings. The molecule has 0 spiro atoms. The molecule has 4 rings (SSSR count). The van der Waals surface area contributed by atoms with E-state index in [-0.39, 0.29) is 11.5 Å². The second-order valence-electron chi connectivity index (χ2n) is 5.48. The van der Waals surface area contributed by atoms with Crippen LogP contribution in [-0.2, 0) is 4.79 Å². The van der Waals surface area contributed by atoms with Gasteiger partial charge in [-0.15, -0.1) is 0 Å². The third-order valence-corrected chi connectivity index (χ3v) is 4.04. The largest absolute Gasteiger partial charge is 0.478 e. The SMILES string of the molecule is O=C1C=c2cc(C(=O)O)c3ccc(-c4cccnc4)cc3c2=C[N]1. The van der Waals surface area contributed by atoms with Crippen LogP contribution >= 0.6 is 0 Å². The molecule has 0 aliphatic carbocycles. The van der Waals surface area contributed by atoms with Crippen LogP contribution in [0.3, 0.4) is 0 Å². The van der Waals surface area contributed by atoms with Gasteiger partial charge in [0.15, 0.2) is 0 Å². The number of carbonyl (C=O) groups is 2. The summed E-state index contributed by atoms with van der Waals surface area (Å²) in [5.74, 6) is -1.41. The summed E-state index contributed by atoms with van der Waals surface area (Å²) in [6.45, 7) is 0.